The van der Waals surface area contributed by atoms with E-state index >= 15 is 0 Å². The van der Waals surface area contributed by atoms with Crippen LogP contribution in [0.25, 0.3) is 10.1 Å². The van der Waals surface area contributed by atoms with E-state index < -0.39 is 12.4 Å². The summed E-state index contributed by atoms with van der Waals surface area (Å²) in [4.78, 5) is 0. The van der Waals surface area contributed by atoms with Gasteiger partial charge in [-0.25, -0.2) is 0 Å². The summed E-state index contributed by atoms with van der Waals surface area (Å²) in [5.41, 5.74) is 0.960. The van der Waals surface area contributed by atoms with Gasteiger partial charge in [0.05, 0.1) is 0 Å². The Morgan fingerprint density at radius 2 is 1.76 bits per heavy atom. The lowest BCUT2D eigenvalue weighted by molar-refractivity contribution is -0.102. The molecular weight excluding hydrogens is 284 g/mol. The fraction of sp³-hybridized carbons (Fsp3) is 0.176. The summed E-state index contributed by atoms with van der Waals surface area (Å²) < 4.78 is 6.63. The van der Waals surface area contributed by atoms with Gasteiger partial charge in [-0.05, 0) is 29.1 Å². The molecule has 0 amide bonds. The fourth-order valence-corrected chi connectivity index (χ4v) is 3.04. The van der Waals surface area contributed by atoms with Crippen LogP contribution in [-0.4, -0.2) is 22.6 Å². The van der Waals surface area contributed by atoms with Gasteiger partial charge in [0.1, 0.15) is 11.9 Å². The highest BCUT2D eigenvalue weighted by atomic mass is 32.1. The molecule has 2 N–H and O–H groups in total. The number of hydrogen-bond donors (Lipinski definition) is 2. The van der Waals surface area contributed by atoms with Crippen LogP contribution in [0.4, 0.5) is 0 Å². The Labute approximate surface area is 127 Å². The summed E-state index contributed by atoms with van der Waals surface area (Å²) in [6.07, 6.45) is -1.88. The maximum absolute atomic E-state index is 10.1. The van der Waals surface area contributed by atoms with Crippen LogP contribution in [-0.2, 0) is 6.42 Å². The van der Waals surface area contributed by atoms with Crippen molar-refractivity contribution in [3.63, 3.8) is 0 Å². The van der Waals surface area contributed by atoms with Crippen LogP contribution in [0.1, 0.15) is 5.56 Å². The molecule has 3 aromatic rings. The molecule has 0 fully saturated rings. The van der Waals surface area contributed by atoms with Gasteiger partial charge in [0, 0.05) is 16.5 Å². The first-order chi connectivity index (χ1) is 10.2. The molecular formula is C17H16O3S. The SMILES string of the molecule is OC(Cc1ccccc1)C(O)Oc1cccc2sccc12. The first-order valence-electron chi connectivity index (χ1n) is 6.77. The van der Waals surface area contributed by atoms with Crippen LogP contribution in [0.5, 0.6) is 5.75 Å². The van der Waals surface area contributed by atoms with Gasteiger partial charge in [-0.15, -0.1) is 11.3 Å². The van der Waals surface area contributed by atoms with E-state index in [1.54, 1.807) is 17.4 Å². The van der Waals surface area contributed by atoms with Crippen molar-refractivity contribution in [1.82, 2.24) is 0 Å². The van der Waals surface area contributed by atoms with Gasteiger partial charge in [0.2, 0.25) is 6.29 Å². The zero-order chi connectivity index (χ0) is 14.7. The molecule has 0 aliphatic heterocycles. The molecule has 21 heavy (non-hydrogen) atoms. The molecule has 108 valence electrons. The van der Waals surface area contributed by atoms with Gasteiger partial charge in [0.15, 0.2) is 0 Å². The molecule has 0 saturated heterocycles. The molecule has 4 heteroatoms. The van der Waals surface area contributed by atoms with E-state index in [9.17, 15) is 10.2 Å². The molecule has 1 heterocycles. The third-order valence-corrected chi connectivity index (χ3v) is 4.20. The summed E-state index contributed by atoms with van der Waals surface area (Å²) in [7, 11) is 0. The molecule has 3 nitrogen and oxygen atoms in total. The van der Waals surface area contributed by atoms with Crippen LogP contribution in [0.2, 0.25) is 0 Å². The van der Waals surface area contributed by atoms with E-state index in [-0.39, 0.29) is 0 Å². The molecule has 0 spiro atoms. The average molecular weight is 300 g/mol. The molecule has 1 aromatic heterocycles. The van der Waals surface area contributed by atoms with Gasteiger partial charge in [-0.3, -0.25) is 0 Å². The van der Waals surface area contributed by atoms with Gasteiger partial charge in [0.25, 0.3) is 0 Å². The van der Waals surface area contributed by atoms with Crippen LogP contribution >= 0.6 is 11.3 Å². The van der Waals surface area contributed by atoms with Crippen molar-refractivity contribution in [3.05, 3.63) is 65.5 Å². The second kappa shape index (κ2) is 6.26. The quantitative estimate of drug-likeness (QED) is 0.711. The van der Waals surface area contributed by atoms with Crippen molar-refractivity contribution in [1.29, 1.82) is 0 Å². The van der Waals surface area contributed by atoms with Gasteiger partial charge < -0.3 is 14.9 Å². The lowest BCUT2D eigenvalue weighted by atomic mass is 10.1. The van der Waals surface area contributed by atoms with Gasteiger partial charge >= 0.3 is 0 Å². The number of rotatable bonds is 5. The summed E-state index contributed by atoms with van der Waals surface area (Å²) in [6, 6.07) is 17.2. The average Bonchev–Trinajstić information content (AvgIpc) is 2.98. The second-order valence-corrected chi connectivity index (χ2v) is 5.80. The Bertz CT molecular complexity index is 708. The lowest BCUT2D eigenvalue weighted by Crippen LogP contribution is -2.33. The highest BCUT2D eigenvalue weighted by Crippen LogP contribution is 2.30. The van der Waals surface area contributed by atoms with Crippen molar-refractivity contribution in [2.45, 2.75) is 18.8 Å². The summed E-state index contributed by atoms with van der Waals surface area (Å²) in [6.45, 7) is 0. The number of ether oxygens (including phenoxy) is 1. The number of thiophene rings is 1. The molecule has 2 atom stereocenters. The first-order valence-corrected chi connectivity index (χ1v) is 7.65. The molecule has 0 aliphatic rings. The lowest BCUT2D eigenvalue weighted by Gasteiger charge is -2.19. The monoisotopic (exact) mass is 300 g/mol. The zero-order valence-corrected chi connectivity index (χ0v) is 12.2. The highest BCUT2D eigenvalue weighted by Gasteiger charge is 2.19. The number of hydrogen-bond acceptors (Lipinski definition) is 4. The van der Waals surface area contributed by atoms with E-state index in [4.69, 9.17) is 4.74 Å². The van der Waals surface area contributed by atoms with Crippen LogP contribution in [0.3, 0.4) is 0 Å². The van der Waals surface area contributed by atoms with E-state index in [1.165, 1.54) is 0 Å². The van der Waals surface area contributed by atoms with E-state index in [2.05, 4.69) is 0 Å². The fourth-order valence-electron chi connectivity index (χ4n) is 2.23. The summed E-state index contributed by atoms with van der Waals surface area (Å²) in [5.74, 6) is 0.591. The number of fused-ring (bicyclic) bond motifs is 1. The van der Waals surface area contributed by atoms with Gasteiger partial charge in [-0.2, -0.15) is 0 Å². The molecule has 3 rings (SSSR count). The predicted molar refractivity (Wildman–Crippen MR) is 84.6 cm³/mol. The summed E-state index contributed by atoms with van der Waals surface area (Å²) in [5, 5.41) is 23.1. The van der Waals surface area contributed by atoms with Crippen molar-refractivity contribution < 1.29 is 14.9 Å². The topological polar surface area (TPSA) is 49.7 Å². The zero-order valence-electron chi connectivity index (χ0n) is 11.3. The van der Waals surface area contributed by atoms with Crippen molar-refractivity contribution >= 4 is 21.4 Å². The largest absolute Gasteiger partial charge is 0.462 e. The third-order valence-electron chi connectivity index (χ3n) is 3.32. The van der Waals surface area contributed by atoms with Crippen molar-refractivity contribution in [2.24, 2.45) is 0 Å². The Morgan fingerprint density at radius 1 is 0.952 bits per heavy atom. The van der Waals surface area contributed by atoms with Gasteiger partial charge in [-0.1, -0.05) is 36.4 Å². The minimum Gasteiger partial charge on any atom is -0.462 e. The van der Waals surface area contributed by atoms with E-state index in [1.807, 2.05) is 53.9 Å². The van der Waals surface area contributed by atoms with Crippen LogP contribution in [0, 0.1) is 0 Å². The van der Waals surface area contributed by atoms with Crippen LogP contribution < -0.4 is 4.74 Å². The van der Waals surface area contributed by atoms with Crippen molar-refractivity contribution in [3.8, 4) is 5.75 Å². The normalized spacial score (nSPS) is 14.0. The standard InChI is InChI=1S/C17H16O3S/c18-14(11-12-5-2-1-3-6-12)17(19)20-15-7-4-8-16-13(15)9-10-21-16/h1-10,14,17-19H,11H2. The summed E-state index contributed by atoms with van der Waals surface area (Å²) >= 11 is 1.62. The first kappa shape index (κ1) is 14.1. The second-order valence-electron chi connectivity index (χ2n) is 4.85. The Kier molecular flexibility index (Phi) is 4.20. The molecule has 2 unspecified atom stereocenters. The molecule has 0 radical (unpaired) electrons. The maximum Gasteiger partial charge on any atom is 0.224 e. The minimum absolute atomic E-state index is 0.349. The highest BCUT2D eigenvalue weighted by molar-refractivity contribution is 7.17. The van der Waals surface area contributed by atoms with E-state index in [0.717, 1.165) is 15.6 Å². The van der Waals surface area contributed by atoms with E-state index in [0.29, 0.717) is 12.2 Å². The smallest absolute Gasteiger partial charge is 0.224 e. The van der Waals surface area contributed by atoms with Crippen molar-refractivity contribution in [2.75, 3.05) is 0 Å². The molecule has 0 bridgehead atoms. The minimum atomic E-state index is -1.25. The van der Waals surface area contributed by atoms with Crippen LogP contribution in [0.15, 0.2) is 60.0 Å². The number of aliphatic hydroxyl groups is 2. The Balaban J connectivity index is 1.71. The predicted octanol–water partition coefficient (Wildman–Crippen LogP) is 3.20. The maximum atomic E-state index is 10.1. The Morgan fingerprint density at radius 3 is 2.57 bits per heavy atom. The molecule has 0 saturated carbocycles. The molecule has 0 aliphatic carbocycles. The number of benzene rings is 2. The number of aliphatic hydroxyl groups excluding tert-OH is 2. The third kappa shape index (κ3) is 3.24. The Hall–Kier alpha value is -1.88. The molecule has 2 aromatic carbocycles.